The highest BCUT2D eigenvalue weighted by molar-refractivity contribution is 7.91. The van der Waals surface area contributed by atoms with Gasteiger partial charge in [-0.25, -0.2) is 8.42 Å². The Bertz CT molecular complexity index is 767. The molecule has 0 radical (unpaired) electrons. The maximum absolute atomic E-state index is 12.6. The van der Waals surface area contributed by atoms with Crippen molar-refractivity contribution < 1.29 is 13.2 Å². The van der Waals surface area contributed by atoms with E-state index < -0.39 is 16.1 Å². The summed E-state index contributed by atoms with van der Waals surface area (Å²) in [5.41, 5.74) is 0. The van der Waals surface area contributed by atoms with Crippen LogP contribution in [-0.2, 0) is 21.9 Å². The van der Waals surface area contributed by atoms with E-state index in [1.807, 2.05) is 0 Å². The van der Waals surface area contributed by atoms with Crippen LogP contribution in [0.25, 0.3) is 0 Å². The first-order chi connectivity index (χ1) is 10.5. The van der Waals surface area contributed by atoms with Gasteiger partial charge in [-0.15, -0.1) is 11.3 Å². The molecule has 1 aliphatic heterocycles. The van der Waals surface area contributed by atoms with Crippen LogP contribution in [0.1, 0.15) is 12.8 Å². The van der Waals surface area contributed by atoms with Gasteiger partial charge in [-0.1, -0.05) is 6.07 Å². The summed E-state index contributed by atoms with van der Waals surface area (Å²) in [5, 5.41) is 8.47. The number of hydrogen-bond donors (Lipinski definition) is 1. The summed E-state index contributed by atoms with van der Waals surface area (Å²) in [7, 11) is -1.86. The highest BCUT2D eigenvalue weighted by atomic mass is 32.2. The molecule has 0 saturated carbocycles. The fourth-order valence-corrected chi connectivity index (χ4v) is 5.28. The van der Waals surface area contributed by atoms with E-state index in [2.05, 4.69) is 10.4 Å². The number of carbonyl (C=O) groups is 1. The Labute approximate surface area is 132 Å². The molecule has 2 aromatic heterocycles. The minimum atomic E-state index is -3.61. The van der Waals surface area contributed by atoms with Gasteiger partial charge in [0.25, 0.3) is 10.0 Å². The van der Waals surface area contributed by atoms with Gasteiger partial charge in [-0.3, -0.25) is 9.48 Å². The quantitative estimate of drug-likeness (QED) is 0.908. The lowest BCUT2D eigenvalue weighted by molar-refractivity contribution is -0.119. The second-order valence-electron chi connectivity index (χ2n) is 5.07. The summed E-state index contributed by atoms with van der Waals surface area (Å²) >= 11 is 1.16. The standard InChI is InChI=1S/C13H16N4O3S2/c1-16-8-6-11(15-16)14-13(18)10-4-2-7-17(10)22(19,20)12-5-3-9-21-12/h3,5-6,8-10H,2,4,7H2,1H3,(H,14,15,18)/t10-/m1/s1. The Hall–Kier alpha value is -1.71. The van der Waals surface area contributed by atoms with Gasteiger partial charge < -0.3 is 5.32 Å². The van der Waals surface area contributed by atoms with E-state index in [1.165, 1.54) is 4.31 Å². The van der Waals surface area contributed by atoms with Crippen LogP contribution in [0, 0.1) is 0 Å². The van der Waals surface area contributed by atoms with Gasteiger partial charge in [0.1, 0.15) is 10.3 Å². The number of rotatable bonds is 4. The Kier molecular flexibility index (Phi) is 4.02. The summed E-state index contributed by atoms with van der Waals surface area (Å²) in [6, 6.07) is 4.24. The number of anilines is 1. The third-order valence-corrected chi connectivity index (χ3v) is 6.81. The first kappa shape index (κ1) is 15.2. The van der Waals surface area contributed by atoms with Gasteiger partial charge in [0.2, 0.25) is 5.91 Å². The minimum Gasteiger partial charge on any atom is -0.308 e. The number of carbonyl (C=O) groups excluding carboxylic acids is 1. The molecule has 3 heterocycles. The molecular formula is C13H16N4O3S2. The van der Waals surface area contributed by atoms with Crippen molar-refractivity contribution in [2.24, 2.45) is 7.05 Å². The zero-order valence-corrected chi connectivity index (χ0v) is 13.6. The molecule has 0 bridgehead atoms. The number of sulfonamides is 1. The monoisotopic (exact) mass is 340 g/mol. The molecule has 1 saturated heterocycles. The van der Waals surface area contributed by atoms with Crippen molar-refractivity contribution >= 4 is 33.1 Å². The Morgan fingerprint density at radius 2 is 2.27 bits per heavy atom. The Morgan fingerprint density at radius 3 is 2.91 bits per heavy atom. The highest BCUT2D eigenvalue weighted by Crippen LogP contribution is 2.29. The number of amides is 1. The maximum atomic E-state index is 12.6. The number of nitrogens with one attached hydrogen (secondary N) is 1. The van der Waals surface area contributed by atoms with Crippen LogP contribution in [0.5, 0.6) is 0 Å². The maximum Gasteiger partial charge on any atom is 0.253 e. The van der Waals surface area contributed by atoms with E-state index >= 15 is 0 Å². The zero-order valence-electron chi connectivity index (χ0n) is 12.0. The van der Waals surface area contributed by atoms with Crippen molar-refractivity contribution in [3.63, 3.8) is 0 Å². The lowest BCUT2D eigenvalue weighted by Gasteiger charge is -2.22. The van der Waals surface area contributed by atoms with E-state index in [1.54, 1.807) is 41.5 Å². The van der Waals surface area contributed by atoms with E-state index in [4.69, 9.17) is 0 Å². The molecule has 7 nitrogen and oxygen atoms in total. The van der Waals surface area contributed by atoms with Crippen molar-refractivity contribution in [3.8, 4) is 0 Å². The number of aryl methyl sites for hydroxylation is 1. The van der Waals surface area contributed by atoms with Gasteiger partial charge in [-0.05, 0) is 24.3 Å². The van der Waals surface area contributed by atoms with Crippen LogP contribution >= 0.6 is 11.3 Å². The van der Waals surface area contributed by atoms with E-state index in [0.717, 1.165) is 11.3 Å². The van der Waals surface area contributed by atoms with Gasteiger partial charge in [0.05, 0.1) is 0 Å². The van der Waals surface area contributed by atoms with Crippen molar-refractivity contribution in [1.29, 1.82) is 0 Å². The molecule has 1 atom stereocenters. The predicted octanol–water partition coefficient (Wildman–Crippen LogP) is 1.27. The van der Waals surface area contributed by atoms with Crippen molar-refractivity contribution in [2.75, 3.05) is 11.9 Å². The number of hydrogen-bond acceptors (Lipinski definition) is 5. The largest absolute Gasteiger partial charge is 0.308 e. The first-order valence-electron chi connectivity index (χ1n) is 6.84. The highest BCUT2D eigenvalue weighted by Gasteiger charge is 2.40. The lowest BCUT2D eigenvalue weighted by atomic mass is 10.2. The fourth-order valence-electron chi connectivity index (χ4n) is 2.51. The molecule has 0 unspecified atom stereocenters. The van der Waals surface area contributed by atoms with E-state index in [9.17, 15) is 13.2 Å². The third kappa shape index (κ3) is 2.79. The molecule has 1 aliphatic rings. The topological polar surface area (TPSA) is 84.3 Å². The van der Waals surface area contributed by atoms with Gasteiger partial charge >= 0.3 is 0 Å². The van der Waals surface area contributed by atoms with Crippen LogP contribution in [-0.4, -0.2) is 41.0 Å². The number of nitrogens with zero attached hydrogens (tertiary/aromatic N) is 3. The smallest absolute Gasteiger partial charge is 0.253 e. The minimum absolute atomic E-state index is 0.269. The molecule has 1 amide bonds. The molecule has 0 spiro atoms. The van der Waals surface area contributed by atoms with Gasteiger partial charge in [-0.2, -0.15) is 9.40 Å². The summed E-state index contributed by atoms with van der Waals surface area (Å²) in [4.78, 5) is 12.4. The van der Waals surface area contributed by atoms with Crippen LogP contribution in [0.2, 0.25) is 0 Å². The summed E-state index contributed by atoms with van der Waals surface area (Å²) in [6.45, 7) is 0.362. The lowest BCUT2D eigenvalue weighted by Crippen LogP contribution is -2.42. The zero-order chi connectivity index (χ0) is 15.7. The van der Waals surface area contributed by atoms with E-state index in [-0.39, 0.29) is 10.1 Å². The van der Waals surface area contributed by atoms with Gasteiger partial charge in [0, 0.05) is 25.9 Å². The SMILES string of the molecule is Cn1ccc(NC(=O)[C@H]2CCCN2S(=O)(=O)c2cccs2)n1. The van der Waals surface area contributed by atoms with Crippen molar-refractivity contribution in [3.05, 3.63) is 29.8 Å². The Balaban J connectivity index is 1.80. The second-order valence-corrected chi connectivity index (χ2v) is 8.13. The average Bonchev–Trinajstić information content (AvgIpc) is 3.20. The second kappa shape index (κ2) is 5.82. The predicted molar refractivity (Wildman–Crippen MR) is 83.1 cm³/mol. The fraction of sp³-hybridized carbons (Fsp3) is 0.385. The van der Waals surface area contributed by atoms with Gasteiger partial charge in [0.15, 0.2) is 5.82 Å². The molecule has 118 valence electrons. The first-order valence-corrected chi connectivity index (χ1v) is 9.16. The van der Waals surface area contributed by atoms with Crippen LogP contribution < -0.4 is 5.32 Å². The molecule has 1 N–H and O–H groups in total. The van der Waals surface area contributed by atoms with Crippen LogP contribution in [0.3, 0.4) is 0 Å². The number of thiophene rings is 1. The van der Waals surface area contributed by atoms with Crippen molar-refractivity contribution in [1.82, 2.24) is 14.1 Å². The summed E-state index contributed by atoms with van der Waals surface area (Å²) in [5.74, 6) is 0.0872. The molecule has 1 fully saturated rings. The summed E-state index contributed by atoms with van der Waals surface area (Å²) in [6.07, 6.45) is 2.90. The number of aromatic nitrogens is 2. The average molecular weight is 340 g/mol. The molecule has 9 heteroatoms. The molecule has 0 aliphatic carbocycles. The van der Waals surface area contributed by atoms with Crippen LogP contribution in [0.15, 0.2) is 34.0 Å². The van der Waals surface area contributed by atoms with Crippen molar-refractivity contribution in [2.45, 2.75) is 23.1 Å². The van der Waals surface area contributed by atoms with Crippen LogP contribution in [0.4, 0.5) is 5.82 Å². The summed E-state index contributed by atoms with van der Waals surface area (Å²) < 4.78 is 28.3. The molecule has 22 heavy (non-hydrogen) atoms. The Morgan fingerprint density at radius 1 is 1.45 bits per heavy atom. The molecular weight excluding hydrogens is 324 g/mol. The molecule has 2 aromatic rings. The molecule has 3 rings (SSSR count). The third-order valence-electron chi connectivity index (χ3n) is 3.53. The van der Waals surface area contributed by atoms with E-state index in [0.29, 0.717) is 25.2 Å². The molecule has 0 aromatic carbocycles. The normalized spacial score (nSPS) is 19.4.